The summed E-state index contributed by atoms with van der Waals surface area (Å²) in [7, 11) is 1.54. The number of amides is 1. The molecule has 0 saturated carbocycles. The second kappa shape index (κ2) is 8.98. The zero-order chi connectivity index (χ0) is 19.9. The van der Waals surface area contributed by atoms with E-state index in [9.17, 15) is 13.6 Å². The van der Waals surface area contributed by atoms with Crippen LogP contribution in [0, 0.1) is 0 Å². The highest BCUT2D eigenvalue weighted by molar-refractivity contribution is 5.92. The molecule has 0 saturated heterocycles. The van der Waals surface area contributed by atoms with Gasteiger partial charge in [-0.2, -0.15) is 13.9 Å². The second-order valence-electron chi connectivity index (χ2n) is 5.89. The van der Waals surface area contributed by atoms with E-state index in [0.29, 0.717) is 29.1 Å². The van der Waals surface area contributed by atoms with Gasteiger partial charge in [-0.05, 0) is 42.0 Å². The van der Waals surface area contributed by atoms with E-state index in [-0.39, 0.29) is 18.1 Å². The molecule has 0 unspecified atom stereocenters. The Morgan fingerprint density at radius 1 is 1.21 bits per heavy atom. The van der Waals surface area contributed by atoms with E-state index in [1.54, 1.807) is 60.6 Å². The van der Waals surface area contributed by atoms with Gasteiger partial charge in [-0.3, -0.25) is 9.48 Å². The highest BCUT2D eigenvalue weighted by atomic mass is 19.3. The molecule has 146 valence electrons. The Kier molecular flexibility index (Phi) is 6.21. The molecule has 1 amide bonds. The number of nitrogens with zero attached hydrogens (tertiary/aromatic N) is 2. The first-order chi connectivity index (χ1) is 13.5. The molecule has 3 rings (SSSR count). The number of hydrogen-bond donors (Lipinski definition) is 1. The largest absolute Gasteiger partial charge is 0.497 e. The molecule has 2 aromatic carbocycles. The number of nitrogens with one attached hydrogen (secondary N) is 1. The molecule has 1 heterocycles. The molecule has 0 radical (unpaired) electrons. The molecule has 0 aliphatic rings. The molecule has 8 heteroatoms. The van der Waals surface area contributed by atoms with Gasteiger partial charge in [-0.15, -0.1) is 0 Å². The van der Waals surface area contributed by atoms with Gasteiger partial charge in [0.15, 0.2) is 0 Å². The average molecular weight is 387 g/mol. The van der Waals surface area contributed by atoms with Gasteiger partial charge in [0.2, 0.25) is 5.91 Å². The summed E-state index contributed by atoms with van der Waals surface area (Å²) in [6, 6.07) is 13.2. The molecular weight excluding hydrogens is 368 g/mol. The van der Waals surface area contributed by atoms with Crippen molar-refractivity contribution in [3.63, 3.8) is 0 Å². The molecule has 0 aliphatic heterocycles. The van der Waals surface area contributed by atoms with Crippen LogP contribution < -0.4 is 14.8 Å². The number of benzene rings is 2. The first-order valence-corrected chi connectivity index (χ1v) is 8.56. The van der Waals surface area contributed by atoms with Crippen LogP contribution in [0.15, 0.2) is 60.9 Å². The highest BCUT2D eigenvalue weighted by Gasteiger charge is 2.13. The third-order valence-corrected chi connectivity index (χ3v) is 4.01. The maximum absolute atomic E-state index is 12.8. The van der Waals surface area contributed by atoms with Gasteiger partial charge in [-0.1, -0.05) is 12.1 Å². The molecule has 6 nitrogen and oxygen atoms in total. The number of methoxy groups -OCH3 is 1. The van der Waals surface area contributed by atoms with Crippen LogP contribution in [-0.4, -0.2) is 29.4 Å². The SMILES string of the molecule is COc1ccc(-c2cc(NC(=O)CCn3cccn3)ccc2OC(F)F)cc1. The molecule has 0 fully saturated rings. The van der Waals surface area contributed by atoms with Crippen molar-refractivity contribution in [2.24, 2.45) is 0 Å². The van der Waals surface area contributed by atoms with Gasteiger partial charge in [-0.25, -0.2) is 0 Å². The third-order valence-electron chi connectivity index (χ3n) is 4.01. The third kappa shape index (κ3) is 5.06. The summed E-state index contributed by atoms with van der Waals surface area (Å²) in [4.78, 5) is 12.2. The van der Waals surface area contributed by atoms with E-state index >= 15 is 0 Å². The molecule has 1 N–H and O–H groups in total. The Balaban J connectivity index is 1.79. The Labute approximate surface area is 160 Å². The van der Waals surface area contributed by atoms with Crippen molar-refractivity contribution in [3.05, 3.63) is 60.9 Å². The number of rotatable bonds is 8. The number of anilines is 1. The van der Waals surface area contributed by atoms with E-state index in [0.717, 1.165) is 0 Å². The maximum Gasteiger partial charge on any atom is 0.387 e. The van der Waals surface area contributed by atoms with Crippen LogP contribution in [-0.2, 0) is 11.3 Å². The summed E-state index contributed by atoms with van der Waals surface area (Å²) in [6.07, 6.45) is 3.64. The van der Waals surface area contributed by atoms with Crippen molar-refractivity contribution in [2.45, 2.75) is 19.6 Å². The molecule has 0 aliphatic carbocycles. The average Bonchev–Trinajstić information content (AvgIpc) is 3.21. The summed E-state index contributed by atoms with van der Waals surface area (Å²) in [5, 5.41) is 6.81. The standard InChI is InChI=1S/C20H19F2N3O3/c1-27-16-6-3-14(4-7-16)17-13-15(5-8-18(17)28-20(21)22)24-19(26)9-12-25-11-2-10-23-25/h2-8,10-11,13,20H,9,12H2,1H3,(H,24,26). The number of halogens is 2. The lowest BCUT2D eigenvalue weighted by Crippen LogP contribution is -2.15. The number of alkyl halides is 2. The van der Waals surface area contributed by atoms with Crippen LogP contribution in [0.1, 0.15) is 6.42 Å². The predicted molar refractivity (Wildman–Crippen MR) is 101 cm³/mol. The lowest BCUT2D eigenvalue weighted by Gasteiger charge is -2.14. The van der Waals surface area contributed by atoms with Crippen molar-refractivity contribution in [1.82, 2.24) is 9.78 Å². The molecule has 1 aromatic heterocycles. The molecule has 0 bridgehead atoms. The van der Waals surface area contributed by atoms with E-state index in [2.05, 4.69) is 15.2 Å². The van der Waals surface area contributed by atoms with Gasteiger partial charge in [0.1, 0.15) is 11.5 Å². The van der Waals surface area contributed by atoms with E-state index in [1.165, 1.54) is 12.1 Å². The first-order valence-electron chi connectivity index (χ1n) is 8.56. The molecule has 0 atom stereocenters. The number of aryl methyl sites for hydroxylation is 1. The van der Waals surface area contributed by atoms with Crippen LogP contribution in [0.2, 0.25) is 0 Å². The predicted octanol–water partition coefficient (Wildman–Crippen LogP) is 4.19. The number of carbonyl (C=O) groups excluding carboxylic acids is 1. The minimum atomic E-state index is -2.95. The Bertz CT molecular complexity index is 913. The van der Waals surface area contributed by atoms with Crippen molar-refractivity contribution in [3.8, 4) is 22.6 Å². The van der Waals surface area contributed by atoms with Gasteiger partial charge in [0.05, 0.1) is 7.11 Å². The monoisotopic (exact) mass is 387 g/mol. The summed E-state index contributed by atoms with van der Waals surface area (Å²) in [6.45, 7) is -2.51. The molecule has 28 heavy (non-hydrogen) atoms. The van der Waals surface area contributed by atoms with Crippen molar-refractivity contribution in [1.29, 1.82) is 0 Å². The van der Waals surface area contributed by atoms with Crippen LogP contribution >= 0.6 is 0 Å². The highest BCUT2D eigenvalue weighted by Crippen LogP contribution is 2.34. The molecule has 0 spiro atoms. The van der Waals surface area contributed by atoms with Gasteiger partial charge in [0, 0.05) is 36.6 Å². The van der Waals surface area contributed by atoms with Crippen LogP contribution in [0.4, 0.5) is 14.5 Å². The lowest BCUT2D eigenvalue weighted by molar-refractivity contribution is -0.116. The Hall–Kier alpha value is -3.42. The zero-order valence-corrected chi connectivity index (χ0v) is 15.1. The smallest absolute Gasteiger partial charge is 0.387 e. The number of aromatic nitrogens is 2. The Morgan fingerprint density at radius 2 is 2.00 bits per heavy atom. The Morgan fingerprint density at radius 3 is 2.64 bits per heavy atom. The van der Waals surface area contributed by atoms with Gasteiger partial charge < -0.3 is 14.8 Å². The fraction of sp³-hybridized carbons (Fsp3) is 0.200. The number of hydrogen-bond acceptors (Lipinski definition) is 4. The van der Waals surface area contributed by atoms with Gasteiger partial charge >= 0.3 is 6.61 Å². The second-order valence-corrected chi connectivity index (χ2v) is 5.89. The van der Waals surface area contributed by atoms with Crippen molar-refractivity contribution < 1.29 is 23.0 Å². The van der Waals surface area contributed by atoms with Crippen molar-refractivity contribution >= 4 is 11.6 Å². The summed E-state index contributed by atoms with van der Waals surface area (Å²) >= 11 is 0. The zero-order valence-electron chi connectivity index (χ0n) is 15.1. The summed E-state index contributed by atoms with van der Waals surface area (Å²) < 4.78 is 36.9. The van der Waals surface area contributed by atoms with Crippen LogP contribution in [0.3, 0.4) is 0 Å². The number of carbonyl (C=O) groups is 1. The first kappa shape index (κ1) is 19.3. The molecular formula is C20H19F2N3O3. The van der Waals surface area contributed by atoms with Crippen molar-refractivity contribution in [2.75, 3.05) is 12.4 Å². The fourth-order valence-corrected chi connectivity index (χ4v) is 2.67. The normalized spacial score (nSPS) is 10.7. The summed E-state index contributed by atoms with van der Waals surface area (Å²) in [5.41, 5.74) is 1.58. The minimum Gasteiger partial charge on any atom is -0.497 e. The minimum absolute atomic E-state index is 0.0229. The van der Waals surface area contributed by atoms with Gasteiger partial charge in [0.25, 0.3) is 0 Å². The topological polar surface area (TPSA) is 65.4 Å². The van der Waals surface area contributed by atoms with E-state index in [1.807, 2.05) is 0 Å². The van der Waals surface area contributed by atoms with Crippen LogP contribution in [0.5, 0.6) is 11.5 Å². The van der Waals surface area contributed by atoms with E-state index < -0.39 is 6.61 Å². The van der Waals surface area contributed by atoms with E-state index in [4.69, 9.17) is 4.74 Å². The maximum atomic E-state index is 12.8. The quantitative estimate of drug-likeness (QED) is 0.630. The summed E-state index contributed by atoms with van der Waals surface area (Å²) in [5.74, 6) is 0.455. The number of ether oxygens (including phenoxy) is 2. The van der Waals surface area contributed by atoms with Crippen LogP contribution in [0.25, 0.3) is 11.1 Å². The fourth-order valence-electron chi connectivity index (χ4n) is 2.67. The molecule has 3 aromatic rings. The lowest BCUT2D eigenvalue weighted by atomic mass is 10.0.